The Bertz CT molecular complexity index is 493. The lowest BCUT2D eigenvalue weighted by Crippen LogP contribution is -1.96. The van der Waals surface area contributed by atoms with Gasteiger partial charge in [-0.05, 0) is 48.0 Å². The fraction of sp³-hybridized carbons (Fsp3) is 0.0769. The average Bonchev–Trinajstić information content (AvgIpc) is 2.27. The third kappa shape index (κ3) is 3.65. The van der Waals surface area contributed by atoms with Crippen molar-refractivity contribution >= 4 is 33.2 Å². The fourth-order valence-electron chi connectivity index (χ4n) is 1.46. The van der Waals surface area contributed by atoms with Gasteiger partial charge >= 0.3 is 0 Å². The molecule has 0 amide bonds. The summed E-state index contributed by atoms with van der Waals surface area (Å²) in [4.78, 5) is 0. The van der Waals surface area contributed by atoms with Gasteiger partial charge in [0.25, 0.3) is 0 Å². The Balaban J connectivity index is 2.04. The van der Waals surface area contributed by atoms with Crippen LogP contribution >= 0.6 is 27.5 Å². The van der Waals surface area contributed by atoms with E-state index in [2.05, 4.69) is 15.9 Å². The van der Waals surface area contributed by atoms with Gasteiger partial charge in [-0.15, -0.1) is 0 Å². The van der Waals surface area contributed by atoms with Crippen LogP contribution in [-0.4, -0.2) is 0 Å². The van der Waals surface area contributed by atoms with E-state index in [0.717, 1.165) is 15.8 Å². The maximum Gasteiger partial charge on any atom is 0.119 e. The molecule has 17 heavy (non-hydrogen) atoms. The van der Waals surface area contributed by atoms with E-state index in [-0.39, 0.29) is 0 Å². The Hall–Kier alpha value is -1.19. The normalized spacial score (nSPS) is 10.2. The molecule has 4 heteroatoms. The second-order valence-electron chi connectivity index (χ2n) is 3.64. The Morgan fingerprint density at radius 3 is 2.47 bits per heavy atom. The Morgan fingerprint density at radius 1 is 1.12 bits per heavy atom. The monoisotopic (exact) mass is 311 g/mol. The van der Waals surface area contributed by atoms with E-state index in [4.69, 9.17) is 22.1 Å². The van der Waals surface area contributed by atoms with E-state index in [1.807, 2.05) is 30.3 Å². The van der Waals surface area contributed by atoms with Crippen LogP contribution in [0.2, 0.25) is 5.02 Å². The van der Waals surface area contributed by atoms with E-state index in [1.54, 1.807) is 12.1 Å². The molecule has 0 aromatic heterocycles. The van der Waals surface area contributed by atoms with Gasteiger partial charge in [0.2, 0.25) is 0 Å². The molecule has 0 aliphatic rings. The first-order valence-corrected chi connectivity index (χ1v) is 6.24. The first-order chi connectivity index (χ1) is 8.13. The zero-order valence-corrected chi connectivity index (χ0v) is 11.3. The average molecular weight is 313 g/mol. The molecule has 0 saturated carbocycles. The first kappa shape index (κ1) is 12.3. The summed E-state index contributed by atoms with van der Waals surface area (Å²) in [5.41, 5.74) is 7.48. The van der Waals surface area contributed by atoms with Crippen LogP contribution in [0.25, 0.3) is 0 Å². The lowest BCUT2D eigenvalue weighted by Gasteiger charge is -2.07. The van der Waals surface area contributed by atoms with Gasteiger partial charge in [-0.2, -0.15) is 0 Å². The van der Waals surface area contributed by atoms with Crippen LogP contribution in [0.15, 0.2) is 46.9 Å². The van der Waals surface area contributed by atoms with Crippen LogP contribution in [0.4, 0.5) is 5.69 Å². The summed E-state index contributed by atoms with van der Waals surface area (Å²) < 4.78 is 6.57. The van der Waals surface area contributed by atoms with Gasteiger partial charge < -0.3 is 10.5 Å². The number of hydrogen-bond donors (Lipinski definition) is 1. The standard InChI is InChI=1S/C13H11BrClNO/c14-10-5-9(6-12(16)7-10)8-17-13-3-1-11(15)2-4-13/h1-7H,8,16H2. The molecule has 0 atom stereocenters. The minimum absolute atomic E-state index is 0.477. The summed E-state index contributed by atoms with van der Waals surface area (Å²) in [6.45, 7) is 0.477. The third-order valence-electron chi connectivity index (χ3n) is 2.20. The van der Waals surface area contributed by atoms with Crippen molar-refractivity contribution in [2.24, 2.45) is 0 Å². The molecule has 88 valence electrons. The summed E-state index contributed by atoms with van der Waals surface area (Å²) in [5.74, 6) is 0.785. The maximum absolute atomic E-state index is 5.79. The van der Waals surface area contributed by atoms with Crippen molar-refractivity contribution in [3.05, 3.63) is 57.5 Å². The Kier molecular flexibility index (Phi) is 3.92. The Morgan fingerprint density at radius 2 is 1.82 bits per heavy atom. The highest BCUT2D eigenvalue weighted by molar-refractivity contribution is 9.10. The van der Waals surface area contributed by atoms with Crippen LogP contribution in [0.1, 0.15) is 5.56 Å². The van der Waals surface area contributed by atoms with Crippen LogP contribution in [-0.2, 0) is 6.61 Å². The van der Waals surface area contributed by atoms with Crippen LogP contribution in [0.5, 0.6) is 5.75 Å². The van der Waals surface area contributed by atoms with Crippen molar-refractivity contribution in [2.45, 2.75) is 6.61 Å². The molecular weight excluding hydrogens is 302 g/mol. The number of nitrogens with two attached hydrogens (primary N) is 1. The molecule has 0 heterocycles. The van der Waals surface area contributed by atoms with E-state index in [1.165, 1.54) is 0 Å². The number of hydrogen-bond acceptors (Lipinski definition) is 2. The second kappa shape index (κ2) is 5.43. The number of rotatable bonds is 3. The van der Waals surface area contributed by atoms with E-state index >= 15 is 0 Å². The predicted octanol–water partition coefficient (Wildman–Crippen LogP) is 4.26. The van der Waals surface area contributed by atoms with E-state index in [9.17, 15) is 0 Å². The van der Waals surface area contributed by atoms with E-state index in [0.29, 0.717) is 17.3 Å². The molecule has 0 unspecified atom stereocenters. The van der Waals surface area contributed by atoms with Crippen LogP contribution in [0, 0.1) is 0 Å². The van der Waals surface area contributed by atoms with Crippen molar-refractivity contribution in [3.63, 3.8) is 0 Å². The molecule has 2 nitrogen and oxygen atoms in total. The van der Waals surface area contributed by atoms with Gasteiger partial charge in [-0.25, -0.2) is 0 Å². The number of anilines is 1. The van der Waals surface area contributed by atoms with Gasteiger partial charge in [0, 0.05) is 15.2 Å². The smallest absolute Gasteiger partial charge is 0.119 e. The molecule has 0 spiro atoms. The summed E-state index contributed by atoms with van der Waals surface area (Å²) >= 11 is 9.19. The molecule has 2 rings (SSSR count). The van der Waals surface area contributed by atoms with Crippen LogP contribution in [0.3, 0.4) is 0 Å². The fourth-order valence-corrected chi connectivity index (χ4v) is 2.14. The summed E-state index contributed by atoms with van der Waals surface area (Å²) in [6.07, 6.45) is 0. The molecule has 0 fully saturated rings. The van der Waals surface area contributed by atoms with Gasteiger partial charge in [-0.3, -0.25) is 0 Å². The topological polar surface area (TPSA) is 35.2 Å². The molecule has 0 bridgehead atoms. The van der Waals surface area contributed by atoms with Gasteiger partial charge in [0.05, 0.1) is 0 Å². The number of halogens is 2. The van der Waals surface area contributed by atoms with Gasteiger partial charge in [0.15, 0.2) is 0 Å². The first-order valence-electron chi connectivity index (χ1n) is 5.07. The SMILES string of the molecule is Nc1cc(Br)cc(COc2ccc(Cl)cc2)c1. The minimum atomic E-state index is 0.477. The molecule has 0 aliphatic carbocycles. The zero-order valence-electron chi connectivity index (χ0n) is 8.99. The summed E-state index contributed by atoms with van der Waals surface area (Å²) in [5, 5.41) is 0.698. The van der Waals surface area contributed by atoms with Crippen LogP contribution < -0.4 is 10.5 Å². The Labute approximate surface area is 113 Å². The minimum Gasteiger partial charge on any atom is -0.489 e. The summed E-state index contributed by atoms with van der Waals surface area (Å²) in [7, 11) is 0. The van der Waals surface area contributed by atoms with Crippen molar-refractivity contribution in [1.82, 2.24) is 0 Å². The van der Waals surface area contributed by atoms with Crippen molar-refractivity contribution in [2.75, 3.05) is 5.73 Å². The highest BCUT2D eigenvalue weighted by atomic mass is 79.9. The number of benzene rings is 2. The molecule has 0 radical (unpaired) electrons. The molecular formula is C13H11BrClNO. The highest BCUT2D eigenvalue weighted by Crippen LogP contribution is 2.20. The zero-order chi connectivity index (χ0) is 12.3. The largest absolute Gasteiger partial charge is 0.489 e. The number of nitrogen functional groups attached to an aromatic ring is 1. The molecule has 2 aromatic carbocycles. The molecule has 0 saturated heterocycles. The van der Waals surface area contributed by atoms with Crippen molar-refractivity contribution in [3.8, 4) is 5.75 Å². The predicted molar refractivity (Wildman–Crippen MR) is 74.3 cm³/mol. The number of ether oxygens (including phenoxy) is 1. The highest BCUT2D eigenvalue weighted by Gasteiger charge is 1.99. The van der Waals surface area contributed by atoms with Gasteiger partial charge in [-0.1, -0.05) is 27.5 Å². The van der Waals surface area contributed by atoms with Crippen molar-refractivity contribution < 1.29 is 4.74 Å². The lowest BCUT2D eigenvalue weighted by atomic mass is 10.2. The summed E-state index contributed by atoms with van der Waals surface area (Å²) in [6, 6.07) is 13.0. The van der Waals surface area contributed by atoms with Gasteiger partial charge in [0.1, 0.15) is 12.4 Å². The third-order valence-corrected chi connectivity index (χ3v) is 2.91. The molecule has 2 N–H and O–H groups in total. The second-order valence-corrected chi connectivity index (χ2v) is 4.99. The molecule has 0 aliphatic heterocycles. The maximum atomic E-state index is 5.79. The lowest BCUT2D eigenvalue weighted by molar-refractivity contribution is 0.306. The molecule has 2 aromatic rings. The quantitative estimate of drug-likeness (QED) is 0.859. The van der Waals surface area contributed by atoms with Crippen molar-refractivity contribution in [1.29, 1.82) is 0 Å². The van der Waals surface area contributed by atoms with E-state index < -0.39 is 0 Å².